The Morgan fingerprint density at radius 2 is 2.22 bits per heavy atom. The molecule has 2 fully saturated rings. The van der Waals surface area contributed by atoms with E-state index in [9.17, 15) is 9.59 Å². The van der Waals surface area contributed by atoms with Crippen molar-refractivity contribution in [3.63, 3.8) is 0 Å². The number of aliphatic carboxylic acids is 1. The third-order valence-electron chi connectivity index (χ3n) is 4.10. The molecule has 1 amide bonds. The highest BCUT2D eigenvalue weighted by molar-refractivity contribution is 5.78. The molecule has 2 aliphatic heterocycles. The Balaban J connectivity index is 2.02. The van der Waals surface area contributed by atoms with Gasteiger partial charge in [0, 0.05) is 26.7 Å². The van der Waals surface area contributed by atoms with E-state index in [0.717, 1.165) is 19.4 Å². The van der Waals surface area contributed by atoms with Crippen LogP contribution in [0.25, 0.3) is 0 Å². The molecular formula is C12H21N3O3. The smallest absolute Gasteiger partial charge is 0.305 e. The molecule has 1 unspecified atom stereocenters. The summed E-state index contributed by atoms with van der Waals surface area (Å²) in [5.74, 6) is -0.703. The van der Waals surface area contributed by atoms with E-state index in [0.29, 0.717) is 19.6 Å². The molecule has 18 heavy (non-hydrogen) atoms. The first kappa shape index (κ1) is 13.3. The second-order valence-electron chi connectivity index (χ2n) is 5.30. The van der Waals surface area contributed by atoms with E-state index < -0.39 is 5.97 Å². The minimum Gasteiger partial charge on any atom is -0.481 e. The van der Waals surface area contributed by atoms with Crippen LogP contribution in [0.2, 0.25) is 0 Å². The third-order valence-corrected chi connectivity index (χ3v) is 4.10. The quantitative estimate of drug-likeness (QED) is 0.616. The van der Waals surface area contributed by atoms with E-state index in [4.69, 9.17) is 5.11 Å². The second-order valence-corrected chi connectivity index (χ2v) is 5.30. The van der Waals surface area contributed by atoms with Crippen LogP contribution in [0.5, 0.6) is 0 Å². The average molecular weight is 255 g/mol. The molecule has 2 aliphatic rings. The standard InChI is InChI=1S/C12H21N3O3/c1-13-11(18)9-3-2-4-15(6-9)12(5-10(16)17)7-14-8-12/h9,14H,2-8H2,1H3,(H,13,18)(H,16,17). The van der Waals surface area contributed by atoms with Crippen molar-refractivity contribution in [2.45, 2.75) is 24.8 Å². The fourth-order valence-corrected chi connectivity index (χ4v) is 2.98. The largest absolute Gasteiger partial charge is 0.481 e. The summed E-state index contributed by atoms with van der Waals surface area (Å²) in [7, 11) is 1.65. The molecule has 0 spiro atoms. The summed E-state index contributed by atoms with van der Waals surface area (Å²) >= 11 is 0. The van der Waals surface area contributed by atoms with Crippen LogP contribution in [0.15, 0.2) is 0 Å². The second kappa shape index (κ2) is 5.24. The van der Waals surface area contributed by atoms with Gasteiger partial charge in [-0.2, -0.15) is 0 Å². The maximum absolute atomic E-state index is 11.7. The molecule has 0 radical (unpaired) electrons. The van der Waals surface area contributed by atoms with Crippen molar-refractivity contribution in [2.75, 3.05) is 33.2 Å². The number of carboxylic acids is 1. The maximum Gasteiger partial charge on any atom is 0.305 e. The molecule has 6 nitrogen and oxygen atoms in total. The molecular weight excluding hydrogens is 234 g/mol. The fourth-order valence-electron chi connectivity index (χ4n) is 2.98. The van der Waals surface area contributed by atoms with Gasteiger partial charge in [0.1, 0.15) is 0 Å². The van der Waals surface area contributed by atoms with Crippen molar-refractivity contribution < 1.29 is 14.7 Å². The highest BCUT2D eigenvalue weighted by atomic mass is 16.4. The Morgan fingerprint density at radius 1 is 1.50 bits per heavy atom. The number of nitrogens with zero attached hydrogens (tertiary/aromatic N) is 1. The van der Waals surface area contributed by atoms with Crippen LogP contribution in [0.4, 0.5) is 0 Å². The van der Waals surface area contributed by atoms with Gasteiger partial charge in [-0.1, -0.05) is 0 Å². The van der Waals surface area contributed by atoms with Gasteiger partial charge in [0.05, 0.1) is 17.9 Å². The lowest BCUT2D eigenvalue weighted by molar-refractivity contribution is -0.143. The van der Waals surface area contributed by atoms with Crippen LogP contribution in [-0.2, 0) is 9.59 Å². The summed E-state index contributed by atoms with van der Waals surface area (Å²) < 4.78 is 0. The van der Waals surface area contributed by atoms with E-state index in [1.165, 1.54) is 0 Å². The molecule has 1 atom stereocenters. The number of likely N-dealkylation sites (tertiary alicyclic amines) is 1. The molecule has 0 saturated carbocycles. The first-order chi connectivity index (χ1) is 8.57. The van der Waals surface area contributed by atoms with Crippen molar-refractivity contribution in [3.05, 3.63) is 0 Å². The molecule has 0 aromatic heterocycles. The van der Waals surface area contributed by atoms with Gasteiger partial charge in [0.25, 0.3) is 0 Å². The van der Waals surface area contributed by atoms with Crippen LogP contribution in [0.3, 0.4) is 0 Å². The highest BCUT2D eigenvalue weighted by Crippen LogP contribution is 2.30. The fraction of sp³-hybridized carbons (Fsp3) is 0.833. The van der Waals surface area contributed by atoms with E-state index in [1.54, 1.807) is 7.05 Å². The number of carbonyl (C=O) groups is 2. The molecule has 0 bridgehead atoms. The van der Waals surface area contributed by atoms with Crippen molar-refractivity contribution >= 4 is 11.9 Å². The van der Waals surface area contributed by atoms with Gasteiger partial charge in [-0.15, -0.1) is 0 Å². The number of carboxylic acid groups (broad SMARTS) is 1. The Labute approximate surface area is 107 Å². The van der Waals surface area contributed by atoms with Crippen LogP contribution < -0.4 is 10.6 Å². The summed E-state index contributed by atoms with van der Waals surface area (Å²) in [6.45, 7) is 2.98. The monoisotopic (exact) mass is 255 g/mol. The summed E-state index contributed by atoms with van der Waals surface area (Å²) in [4.78, 5) is 24.9. The average Bonchev–Trinajstić information content (AvgIpc) is 2.32. The first-order valence-electron chi connectivity index (χ1n) is 6.46. The molecule has 2 saturated heterocycles. The van der Waals surface area contributed by atoms with Gasteiger partial charge in [-0.3, -0.25) is 14.5 Å². The molecule has 6 heteroatoms. The minimum atomic E-state index is -0.765. The van der Waals surface area contributed by atoms with Gasteiger partial charge in [-0.05, 0) is 19.4 Å². The normalized spacial score (nSPS) is 27.3. The number of hydrogen-bond acceptors (Lipinski definition) is 4. The Morgan fingerprint density at radius 3 is 2.72 bits per heavy atom. The van der Waals surface area contributed by atoms with Gasteiger partial charge < -0.3 is 15.7 Å². The Kier molecular flexibility index (Phi) is 3.87. The predicted octanol–water partition coefficient (Wildman–Crippen LogP) is -0.739. The zero-order chi connectivity index (χ0) is 13.2. The molecule has 2 rings (SSSR count). The molecule has 102 valence electrons. The Bertz CT molecular complexity index is 341. The summed E-state index contributed by atoms with van der Waals surface area (Å²) in [6, 6.07) is 0. The molecule has 0 aliphatic carbocycles. The topological polar surface area (TPSA) is 81.7 Å². The number of amides is 1. The van der Waals surface area contributed by atoms with E-state index >= 15 is 0 Å². The number of carbonyl (C=O) groups excluding carboxylic acids is 1. The lowest BCUT2D eigenvalue weighted by Crippen LogP contribution is -2.71. The maximum atomic E-state index is 11.7. The van der Waals surface area contributed by atoms with E-state index in [1.807, 2.05) is 0 Å². The lowest BCUT2D eigenvalue weighted by atomic mass is 9.83. The zero-order valence-corrected chi connectivity index (χ0v) is 10.7. The number of nitrogens with one attached hydrogen (secondary N) is 2. The van der Waals surface area contributed by atoms with Gasteiger partial charge >= 0.3 is 5.97 Å². The van der Waals surface area contributed by atoms with Gasteiger partial charge in [0.2, 0.25) is 5.91 Å². The Hall–Kier alpha value is -1.14. The number of rotatable bonds is 4. The molecule has 0 aromatic carbocycles. The van der Waals surface area contributed by atoms with Crippen LogP contribution in [0.1, 0.15) is 19.3 Å². The molecule has 0 aromatic rings. The first-order valence-corrected chi connectivity index (χ1v) is 6.46. The summed E-state index contributed by atoms with van der Waals surface area (Å²) in [5.41, 5.74) is -0.279. The number of piperidine rings is 1. The molecule has 2 heterocycles. The third kappa shape index (κ3) is 2.49. The minimum absolute atomic E-state index is 0.00461. The van der Waals surface area contributed by atoms with Crippen molar-refractivity contribution in [2.24, 2.45) is 5.92 Å². The van der Waals surface area contributed by atoms with Crippen LogP contribution in [-0.4, -0.2) is 60.6 Å². The van der Waals surface area contributed by atoms with Crippen molar-refractivity contribution in [1.82, 2.24) is 15.5 Å². The van der Waals surface area contributed by atoms with Crippen molar-refractivity contribution in [3.8, 4) is 0 Å². The summed E-state index contributed by atoms with van der Waals surface area (Å²) in [5, 5.41) is 14.9. The zero-order valence-electron chi connectivity index (χ0n) is 10.7. The summed E-state index contributed by atoms with van der Waals surface area (Å²) in [6.07, 6.45) is 2.01. The number of hydrogen-bond donors (Lipinski definition) is 3. The van der Waals surface area contributed by atoms with Crippen LogP contribution >= 0.6 is 0 Å². The van der Waals surface area contributed by atoms with Gasteiger partial charge in [0.15, 0.2) is 0 Å². The van der Waals surface area contributed by atoms with E-state index in [-0.39, 0.29) is 23.8 Å². The SMILES string of the molecule is CNC(=O)C1CCCN(C2(CC(=O)O)CNC2)C1. The highest BCUT2D eigenvalue weighted by Gasteiger charge is 2.46. The van der Waals surface area contributed by atoms with Gasteiger partial charge in [-0.25, -0.2) is 0 Å². The van der Waals surface area contributed by atoms with Crippen LogP contribution in [0, 0.1) is 5.92 Å². The predicted molar refractivity (Wildman–Crippen MR) is 66.2 cm³/mol. The van der Waals surface area contributed by atoms with E-state index in [2.05, 4.69) is 15.5 Å². The lowest BCUT2D eigenvalue weighted by Gasteiger charge is -2.52. The van der Waals surface area contributed by atoms with Crippen molar-refractivity contribution in [1.29, 1.82) is 0 Å². The molecule has 3 N–H and O–H groups in total.